The van der Waals surface area contributed by atoms with Crippen LogP contribution in [0.2, 0.25) is 0 Å². The Kier molecular flexibility index (Phi) is 4.92. The maximum atomic E-state index is 13.8. The summed E-state index contributed by atoms with van der Waals surface area (Å²) in [7, 11) is 1.51. The van der Waals surface area contributed by atoms with Gasteiger partial charge in [0, 0.05) is 32.7 Å². The molecule has 2 aromatic rings. The minimum Gasteiger partial charge on any atom is -0.375 e. The molecule has 1 aromatic heterocycles. The van der Waals surface area contributed by atoms with Crippen molar-refractivity contribution in [3.05, 3.63) is 47.4 Å². The fourth-order valence-electron chi connectivity index (χ4n) is 4.44. The van der Waals surface area contributed by atoms with E-state index >= 15 is 0 Å². The van der Waals surface area contributed by atoms with Gasteiger partial charge in [-0.25, -0.2) is 4.39 Å². The minimum atomic E-state index is -0.286. The summed E-state index contributed by atoms with van der Waals surface area (Å²) in [6.45, 7) is 4.71. The number of hydrogen-bond donors (Lipinski definition) is 0. The average Bonchev–Trinajstić information content (AvgIpc) is 3.29. The number of rotatable bonds is 5. The van der Waals surface area contributed by atoms with Crippen molar-refractivity contribution < 1.29 is 18.4 Å². The predicted molar refractivity (Wildman–Crippen MR) is 94.0 cm³/mol. The zero-order valence-electron chi connectivity index (χ0n) is 15.5. The van der Waals surface area contributed by atoms with Crippen LogP contribution in [0.25, 0.3) is 0 Å². The highest BCUT2D eigenvalue weighted by molar-refractivity contribution is 5.78. The summed E-state index contributed by atoms with van der Waals surface area (Å²) in [4.78, 5) is 21.0. The number of carbonyl (C=O) groups is 1. The Morgan fingerprint density at radius 3 is 2.93 bits per heavy atom. The van der Waals surface area contributed by atoms with Gasteiger partial charge in [-0.3, -0.25) is 9.69 Å². The van der Waals surface area contributed by atoms with Crippen molar-refractivity contribution in [2.24, 2.45) is 11.8 Å². The van der Waals surface area contributed by atoms with Gasteiger partial charge in [-0.05, 0) is 30.5 Å². The van der Waals surface area contributed by atoms with Crippen molar-refractivity contribution in [1.29, 1.82) is 0 Å². The fraction of sp³-hybridized carbons (Fsp3) is 0.526. The number of ether oxygens (including phenoxy) is 1. The van der Waals surface area contributed by atoms with E-state index in [1.165, 1.54) is 19.2 Å². The standard InChI is InChI=1S/C19H23FN4O3/c1-12-21-17(27-22-12)10-23-7-14-8-24(18(25)11-26-2)19(16(14)9-23)13-4-3-5-15(20)6-13/h3-6,14,16,19H,7-11H2,1-2H3/t14-,16-,19+/m1/s1. The topological polar surface area (TPSA) is 71.7 Å². The smallest absolute Gasteiger partial charge is 0.249 e. The lowest BCUT2D eigenvalue weighted by molar-refractivity contribution is -0.136. The number of fused-ring (bicyclic) bond motifs is 1. The molecule has 7 nitrogen and oxygen atoms in total. The first kappa shape index (κ1) is 18.1. The molecule has 1 amide bonds. The zero-order chi connectivity index (χ0) is 19.0. The van der Waals surface area contributed by atoms with Gasteiger partial charge in [0.1, 0.15) is 12.4 Å². The van der Waals surface area contributed by atoms with Crippen molar-refractivity contribution in [3.8, 4) is 0 Å². The monoisotopic (exact) mass is 374 g/mol. The molecule has 27 heavy (non-hydrogen) atoms. The summed E-state index contributed by atoms with van der Waals surface area (Å²) in [5, 5.41) is 3.84. The third-order valence-electron chi connectivity index (χ3n) is 5.45. The summed E-state index contributed by atoms with van der Waals surface area (Å²) in [5.41, 5.74) is 0.836. The van der Waals surface area contributed by atoms with Gasteiger partial charge in [0.2, 0.25) is 11.8 Å². The Morgan fingerprint density at radius 2 is 2.22 bits per heavy atom. The molecule has 2 saturated heterocycles. The summed E-state index contributed by atoms with van der Waals surface area (Å²) in [6, 6.07) is 6.40. The number of carbonyl (C=O) groups excluding carboxylic acids is 1. The second-order valence-corrected chi connectivity index (χ2v) is 7.33. The number of likely N-dealkylation sites (tertiary alicyclic amines) is 2. The SMILES string of the molecule is COCC(=O)N1C[C@H]2CN(Cc3nc(C)no3)C[C@H]2[C@@H]1c1cccc(F)c1. The largest absolute Gasteiger partial charge is 0.375 e. The van der Waals surface area contributed by atoms with Crippen LogP contribution in [-0.2, 0) is 16.1 Å². The van der Waals surface area contributed by atoms with Gasteiger partial charge in [0.25, 0.3) is 0 Å². The molecule has 0 saturated carbocycles. The van der Waals surface area contributed by atoms with Crippen LogP contribution in [0.15, 0.2) is 28.8 Å². The van der Waals surface area contributed by atoms with Crippen LogP contribution in [0, 0.1) is 24.6 Å². The van der Waals surface area contributed by atoms with E-state index < -0.39 is 0 Å². The molecule has 2 fully saturated rings. The van der Waals surface area contributed by atoms with E-state index in [4.69, 9.17) is 9.26 Å². The highest BCUT2D eigenvalue weighted by Crippen LogP contribution is 2.45. The number of halogens is 1. The molecule has 8 heteroatoms. The van der Waals surface area contributed by atoms with Crippen LogP contribution < -0.4 is 0 Å². The normalized spacial score (nSPS) is 25.1. The molecular formula is C19H23FN4O3. The highest BCUT2D eigenvalue weighted by atomic mass is 19.1. The van der Waals surface area contributed by atoms with Crippen molar-refractivity contribution in [3.63, 3.8) is 0 Å². The molecular weight excluding hydrogens is 351 g/mol. The van der Waals surface area contributed by atoms with Crippen LogP contribution >= 0.6 is 0 Å². The average molecular weight is 374 g/mol. The maximum Gasteiger partial charge on any atom is 0.249 e. The molecule has 0 radical (unpaired) electrons. The van der Waals surface area contributed by atoms with Crippen LogP contribution in [0.3, 0.4) is 0 Å². The molecule has 0 unspecified atom stereocenters. The van der Waals surface area contributed by atoms with E-state index in [2.05, 4.69) is 15.0 Å². The quantitative estimate of drug-likeness (QED) is 0.795. The molecule has 0 bridgehead atoms. The van der Waals surface area contributed by atoms with E-state index in [1.54, 1.807) is 13.0 Å². The number of amides is 1. The number of methoxy groups -OCH3 is 1. The Bertz CT molecular complexity index is 827. The molecule has 2 aliphatic rings. The van der Waals surface area contributed by atoms with Gasteiger partial charge >= 0.3 is 0 Å². The molecule has 144 valence electrons. The predicted octanol–water partition coefficient (Wildman–Crippen LogP) is 1.80. The van der Waals surface area contributed by atoms with Gasteiger partial charge in [0.15, 0.2) is 5.82 Å². The first-order chi connectivity index (χ1) is 13.0. The number of hydrogen-bond acceptors (Lipinski definition) is 6. The Morgan fingerprint density at radius 1 is 1.37 bits per heavy atom. The number of aryl methyl sites for hydroxylation is 1. The molecule has 1 aromatic carbocycles. The lowest BCUT2D eigenvalue weighted by Crippen LogP contribution is -2.37. The summed E-state index contributed by atoms with van der Waals surface area (Å²) >= 11 is 0. The lowest BCUT2D eigenvalue weighted by atomic mass is 9.89. The summed E-state index contributed by atoms with van der Waals surface area (Å²) in [6.07, 6.45) is 0. The van der Waals surface area contributed by atoms with Gasteiger partial charge in [-0.1, -0.05) is 17.3 Å². The number of benzene rings is 1. The first-order valence-electron chi connectivity index (χ1n) is 9.10. The molecule has 0 aliphatic carbocycles. The second-order valence-electron chi connectivity index (χ2n) is 7.33. The van der Waals surface area contributed by atoms with E-state index in [0.29, 0.717) is 30.7 Å². The third-order valence-corrected chi connectivity index (χ3v) is 5.45. The Hall–Kier alpha value is -2.32. The van der Waals surface area contributed by atoms with Crippen LogP contribution in [0.4, 0.5) is 4.39 Å². The van der Waals surface area contributed by atoms with Gasteiger partial charge in [-0.2, -0.15) is 4.98 Å². The molecule has 3 heterocycles. The van der Waals surface area contributed by atoms with Crippen molar-refractivity contribution in [2.45, 2.75) is 19.5 Å². The molecule has 4 rings (SSSR count). The van der Waals surface area contributed by atoms with E-state index in [0.717, 1.165) is 18.7 Å². The molecule has 3 atom stereocenters. The molecule has 2 aliphatic heterocycles. The molecule has 0 N–H and O–H groups in total. The Labute approximate surface area is 157 Å². The van der Waals surface area contributed by atoms with Crippen LogP contribution in [0.5, 0.6) is 0 Å². The zero-order valence-corrected chi connectivity index (χ0v) is 15.5. The third kappa shape index (κ3) is 3.59. The first-order valence-corrected chi connectivity index (χ1v) is 9.10. The fourth-order valence-corrected chi connectivity index (χ4v) is 4.44. The number of nitrogens with zero attached hydrogens (tertiary/aromatic N) is 4. The summed E-state index contributed by atoms with van der Waals surface area (Å²) in [5.74, 6) is 1.44. The minimum absolute atomic E-state index is 0.0379. The second kappa shape index (κ2) is 7.36. The van der Waals surface area contributed by atoms with Crippen LogP contribution in [0.1, 0.15) is 23.3 Å². The van der Waals surface area contributed by atoms with Gasteiger partial charge in [-0.15, -0.1) is 0 Å². The van der Waals surface area contributed by atoms with E-state index in [1.807, 2.05) is 11.0 Å². The van der Waals surface area contributed by atoms with Gasteiger partial charge < -0.3 is 14.2 Å². The van der Waals surface area contributed by atoms with Crippen molar-refractivity contribution >= 4 is 5.91 Å². The maximum absolute atomic E-state index is 13.8. The van der Waals surface area contributed by atoms with Gasteiger partial charge in [0.05, 0.1) is 12.6 Å². The molecule has 0 spiro atoms. The van der Waals surface area contributed by atoms with Crippen LogP contribution in [-0.4, -0.2) is 59.2 Å². The van der Waals surface area contributed by atoms with Crippen molar-refractivity contribution in [1.82, 2.24) is 19.9 Å². The highest BCUT2D eigenvalue weighted by Gasteiger charge is 2.49. The van der Waals surface area contributed by atoms with E-state index in [-0.39, 0.29) is 30.3 Å². The Balaban J connectivity index is 1.56. The van der Waals surface area contributed by atoms with E-state index in [9.17, 15) is 9.18 Å². The number of aromatic nitrogens is 2. The lowest BCUT2D eigenvalue weighted by Gasteiger charge is -2.29. The van der Waals surface area contributed by atoms with Crippen molar-refractivity contribution in [2.75, 3.05) is 33.4 Å². The summed E-state index contributed by atoms with van der Waals surface area (Å²) < 4.78 is 24.1.